The van der Waals surface area contributed by atoms with Gasteiger partial charge in [0.15, 0.2) is 11.6 Å². The Morgan fingerprint density at radius 2 is 1.89 bits per heavy atom. The lowest BCUT2D eigenvalue weighted by molar-refractivity contribution is 0.0912. The molecular weight excluding hydrogens is 247 g/mol. The smallest absolute Gasteiger partial charge is 0.165 e. The van der Waals surface area contributed by atoms with Gasteiger partial charge in [0.1, 0.15) is 6.61 Å². The average molecular weight is 270 g/mol. The van der Waals surface area contributed by atoms with Gasteiger partial charge < -0.3 is 14.6 Å². The average Bonchev–Trinajstić information content (AvgIpc) is 2.34. The van der Waals surface area contributed by atoms with Crippen LogP contribution in [0.3, 0.4) is 0 Å². The first-order chi connectivity index (χ1) is 9.00. The second-order valence-corrected chi connectivity index (χ2v) is 5.01. The van der Waals surface area contributed by atoms with E-state index < -0.39 is 11.9 Å². The van der Waals surface area contributed by atoms with Gasteiger partial charge in [-0.15, -0.1) is 0 Å². The van der Waals surface area contributed by atoms with Gasteiger partial charge in [0.05, 0.1) is 12.7 Å². The molecule has 0 spiro atoms. The minimum Gasteiger partial charge on any atom is -0.488 e. The van der Waals surface area contributed by atoms with E-state index >= 15 is 0 Å². The number of hydrogen-bond acceptors (Lipinski definition) is 3. The van der Waals surface area contributed by atoms with Crippen LogP contribution in [0.4, 0.5) is 4.39 Å². The Kier molecular flexibility index (Phi) is 6.81. The van der Waals surface area contributed by atoms with E-state index in [1.807, 2.05) is 0 Å². The molecule has 3 nitrogen and oxygen atoms in total. The van der Waals surface area contributed by atoms with Gasteiger partial charge in [-0.1, -0.05) is 19.9 Å². The maximum absolute atomic E-state index is 13.6. The third-order valence-electron chi connectivity index (χ3n) is 2.76. The van der Waals surface area contributed by atoms with Crippen LogP contribution in [0.5, 0.6) is 5.75 Å². The zero-order valence-electron chi connectivity index (χ0n) is 11.9. The maximum atomic E-state index is 13.6. The molecule has 1 aromatic carbocycles. The van der Waals surface area contributed by atoms with Crippen LogP contribution in [0, 0.1) is 11.7 Å². The number of rotatable bonds is 8. The van der Waals surface area contributed by atoms with Crippen molar-refractivity contribution in [2.75, 3.05) is 19.8 Å². The summed E-state index contributed by atoms with van der Waals surface area (Å²) < 4.78 is 24.3. The molecule has 0 unspecified atom stereocenters. The molecule has 1 atom stereocenters. The number of ether oxygens (including phenoxy) is 2. The SMILES string of the molecule is CC(C)CCOCCOc1ccc([C@H](C)O)cc1F. The summed E-state index contributed by atoms with van der Waals surface area (Å²) in [5, 5.41) is 9.33. The molecule has 0 saturated carbocycles. The Balaban J connectivity index is 2.30. The number of halogens is 1. The molecule has 0 saturated heterocycles. The van der Waals surface area contributed by atoms with Gasteiger partial charge in [-0.2, -0.15) is 0 Å². The Morgan fingerprint density at radius 3 is 2.47 bits per heavy atom. The van der Waals surface area contributed by atoms with E-state index in [1.165, 1.54) is 12.1 Å². The fraction of sp³-hybridized carbons (Fsp3) is 0.600. The van der Waals surface area contributed by atoms with Crippen molar-refractivity contribution in [1.82, 2.24) is 0 Å². The van der Waals surface area contributed by atoms with Crippen LogP contribution in [-0.4, -0.2) is 24.9 Å². The van der Waals surface area contributed by atoms with E-state index in [2.05, 4.69) is 13.8 Å². The van der Waals surface area contributed by atoms with Crippen LogP contribution < -0.4 is 4.74 Å². The molecule has 108 valence electrons. The van der Waals surface area contributed by atoms with Crippen LogP contribution in [0.1, 0.15) is 38.9 Å². The molecule has 0 aliphatic heterocycles. The highest BCUT2D eigenvalue weighted by atomic mass is 19.1. The monoisotopic (exact) mass is 270 g/mol. The van der Waals surface area contributed by atoms with Crippen LogP contribution in [-0.2, 0) is 4.74 Å². The largest absolute Gasteiger partial charge is 0.488 e. The lowest BCUT2D eigenvalue weighted by Crippen LogP contribution is -2.09. The van der Waals surface area contributed by atoms with Gasteiger partial charge in [0.25, 0.3) is 0 Å². The minimum absolute atomic E-state index is 0.192. The maximum Gasteiger partial charge on any atom is 0.165 e. The van der Waals surface area contributed by atoms with Crippen molar-refractivity contribution in [3.8, 4) is 5.75 Å². The highest BCUT2D eigenvalue weighted by Gasteiger charge is 2.07. The standard InChI is InChI=1S/C15H23FO3/c1-11(2)6-7-18-8-9-19-15-5-4-13(12(3)17)10-14(15)16/h4-5,10-12,17H,6-9H2,1-3H3/t12-/m0/s1. The normalized spacial score (nSPS) is 12.7. The fourth-order valence-corrected chi connectivity index (χ4v) is 1.53. The predicted octanol–water partition coefficient (Wildman–Crippen LogP) is 3.32. The Labute approximate surface area is 114 Å². The fourth-order valence-electron chi connectivity index (χ4n) is 1.53. The molecule has 0 heterocycles. The van der Waals surface area contributed by atoms with Crippen molar-refractivity contribution in [1.29, 1.82) is 0 Å². The Hall–Kier alpha value is -1.13. The van der Waals surface area contributed by atoms with E-state index in [9.17, 15) is 9.50 Å². The van der Waals surface area contributed by atoms with Gasteiger partial charge in [-0.25, -0.2) is 4.39 Å². The predicted molar refractivity (Wildman–Crippen MR) is 72.8 cm³/mol. The van der Waals surface area contributed by atoms with Crippen LogP contribution in [0.15, 0.2) is 18.2 Å². The Bertz CT molecular complexity index is 378. The molecule has 19 heavy (non-hydrogen) atoms. The minimum atomic E-state index is -0.678. The molecule has 0 fully saturated rings. The topological polar surface area (TPSA) is 38.7 Å². The molecular formula is C15H23FO3. The lowest BCUT2D eigenvalue weighted by atomic mass is 10.1. The molecule has 0 radical (unpaired) electrons. The van der Waals surface area contributed by atoms with Gasteiger partial charge in [-0.05, 0) is 37.0 Å². The van der Waals surface area contributed by atoms with E-state index in [0.29, 0.717) is 31.3 Å². The van der Waals surface area contributed by atoms with Crippen molar-refractivity contribution in [2.45, 2.75) is 33.3 Å². The zero-order valence-corrected chi connectivity index (χ0v) is 11.9. The molecule has 4 heteroatoms. The third-order valence-corrected chi connectivity index (χ3v) is 2.76. The van der Waals surface area contributed by atoms with E-state index in [0.717, 1.165) is 6.42 Å². The molecule has 1 rings (SSSR count). The summed E-state index contributed by atoms with van der Waals surface area (Å²) in [7, 11) is 0. The molecule has 0 aliphatic carbocycles. The first kappa shape index (κ1) is 15.9. The van der Waals surface area contributed by atoms with Crippen LogP contribution in [0.25, 0.3) is 0 Å². The number of aliphatic hydroxyl groups excluding tert-OH is 1. The van der Waals surface area contributed by atoms with E-state index in [4.69, 9.17) is 9.47 Å². The molecule has 0 bridgehead atoms. The van der Waals surface area contributed by atoms with Crippen molar-refractivity contribution in [3.05, 3.63) is 29.6 Å². The summed E-state index contributed by atoms with van der Waals surface area (Å²) in [4.78, 5) is 0. The summed E-state index contributed by atoms with van der Waals surface area (Å²) in [6.45, 7) is 7.34. The van der Waals surface area contributed by atoms with Gasteiger partial charge in [0.2, 0.25) is 0 Å². The number of aliphatic hydroxyl groups is 1. The summed E-state index contributed by atoms with van der Waals surface area (Å²) >= 11 is 0. The van der Waals surface area contributed by atoms with Crippen molar-refractivity contribution in [2.24, 2.45) is 5.92 Å². The summed E-state index contributed by atoms with van der Waals surface area (Å²) in [6.07, 6.45) is 0.334. The van der Waals surface area contributed by atoms with Crippen molar-refractivity contribution < 1.29 is 19.0 Å². The molecule has 0 amide bonds. The molecule has 0 aliphatic rings. The van der Waals surface area contributed by atoms with Crippen LogP contribution in [0.2, 0.25) is 0 Å². The molecule has 1 aromatic rings. The first-order valence-electron chi connectivity index (χ1n) is 6.68. The third kappa shape index (κ3) is 6.03. The van der Waals surface area contributed by atoms with Gasteiger partial charge in [-0.3, -0.25) is 0 Å². The van der Waals surface area contributed by atoms with Gasteiger partial charge >= 0.3 is 0 Å². The summed E-state index contributed by atoms with van der Waals surface area (Å²) in [5.41, 5.74) is 0.540. The summed E-state index contributed by atoms with van der Waals surface area (Å²) in [5.74, 6) is 0.351. The summed E-state index contributed by atoms with van der Waals surface area (Å²) in [6, 6.07) is 4.48. The van der Waals surface area contributed by atoms with E-state index in [1.54, 1.807) is 13.0 Å². The first-order valence-corrected chi connectivity index (χ1v) is 6.68. The Morgan fingerprint density at radius 1 is 1.16 bits per heavy atom. The van der Waals surface area contributed by atoms with E-state index in [-0.39, 0.29) is 5.75 Å². The number of hydrogen-bond donors (Lipinski definition) is 1. The highest BCUT2D eigenvalue weighted by molar-refractivity contribution is 5.30. The molecule has 1 N–H and O–H groups in total. The number of benzene rings is 1. The quantitative estimate of drug-likeness (QED) is 0.736. The zero-order chi connectivity index (χ0) is 14.3. The van der Waals surface area contributed by atoms with Crippen LogP contribution >= 0.6 is 0 Å². The second-order valence-electron chi connectivity index (χ2n) is 5.01. The van der Waals surface area contributed by atoms with Crippen molar-refractivity contribution >= 4 is 0 Å². The highest BCUT2D eigenvalue weighted by Crippen LogP contribution is 2.21. The lowest BCUT2D eigenvalue weighted by Gasteiger charge is -2.10. The van der Waals surface area contributed by atoms with Crippen molar-refractivity contribution in [3.63, 3.8) is 0 Å². The second kappa shape index (κ2) is 8.12. The molecule has 0 aromatic heterocycles. The van der Waals surface area contributed by atoms with Gasteiger partial charge in [0, 0.05) is 6.61 Å².